The number of anilines is 1. The van der Waals surface area contributed by atoms with Crippen LogP contribution in [0.3, 0.4) is 0 Å². The van der Waals surface area contributed by atoms with Crippen molar-refractivity contribution in [1.82, 2.24) is 14.6 Å². The molecule has 9 heteroatoms. The number of nitrogens with zero attached hydrogens (tertiary/aromatic N) is 5. The van der Waals surface area contributed by atoms with E-state index in [9.17, 15) is 10.4 Å². The lowest BCUT2D eigenvalue weighted by atomic mass is 10.1. The zero-order chi connectivity index (χ0) is 29.2. The van der Waals surface area contributed by atoms with E-state index in [-0.39, 0.29) is 12.7 Å². The second kappa shape index (κ2) is 11.3. The zero-order valence-electron chi connectivity index (χ0n) is 24.2. The van der Waals surface area contributed by atoms with Gasteiger partial charge >= 0.3 is 0 Å². The minimum absolute atomic E-state index is 0.0737. The molecule has 4 heterocycles. The maximum absolute atomic E-state index is 10.1. The number of fused-ring (bicyclic) bond motifs is 1. The lowest BCUT2D eigenvalue weighted by Gasteiger charge is -2.19. The average Bonchev–Trinajstić information content (AvgIpc) is 3.57. The van der Waals surface area contributed by atoms with Crippen molar-refractivity contribution >= 4 is 19.4 Å². The third kappa shape index (κ3) is 7.07. The number of ether oxygens (including phenoxy) is 2. The molecule has 210 valence electrons. The fraction of sp³-hybridized carbons (Fsp3) is 0.344. The van der Waals surface area contributed by atoms with Crippen molar-refractivity contribution in [3.05, 3.63) is 72.2 Å². The van der Waals surface area contributed by atoms with Crippen LogP contribution in [0.5, 0.6) is 11.5 Å². The van der Waals surface area contributed by atoms with Gasteiger partial charge in [0.1, 0.15) is 44.2 Å². The van der Waals surface area contributed by atoms with Crippen molar-refractivity contribution in [2.24, 2.45) is 0 Å². The molecule has 1 fully saturated rings. The van der Waals surface area contributed by atoms with Gasteiger partial charge in [0.25, 0.3) is 0 Å². The molecule has 1 atom stereocenters. The molecular formula is C32H35N5O3Si. The highest BCUT2D eigenvalue weighted by Gasteiger charge is 2.25. The smallest absolute Gasteiger partial charge is 0.138 e. The van der Waals surface area contributed by atoms with Gasteiger partial charge in [-0.15, -0.1) is 5.54 Å². The molecule has 1 aliphatic rings. The van der Waals surface area contributed by atoms with Crippen LogP contribution < -0.4 is 14.4 Å². The molecule has 0 bridgehead atoms. The van der Waals surface area contributed by atoms with Crippen molar-refractivity contribution in [2.75, 3.05) is 24.6 Å². The van der Waals surface area contributed by atoms with Crippen LogP contribution in [0, 0.1) is 22.8 Å². The second-order valence-corrected chi connectivity index (χ2v) is 16.8. The maximum atomic E-state index is 10.1. The Labute approximate surface area is 242 Å². The first-order valence-electron chi connectivity index (χ1n) is 13.8. The van der Waals surface area contributed by atoms with Crippen LogP contribution in [0.25, 0.3) is 16.6 Å². The van der Waals surface area contributed by atoms with Gasteiger partial charge in [0.15, 0.2) is 0 Å². The third-order valence-corrected chi connectivity index (χ3v) is 7.44. The molecule has 8 nitrogen and oxygen atoms in total. The van der Waals surface area contributed by atoms with Crippen LogP contribution in [-0.4, -0.2) is 59.2 Å². The Morgan fingerprint density at radius 1 is 1.10 bits per heavy atom. The SMILES string of the molecule is CC(C)(O)COc1cc(-c2ccc(N3CC[C@@H](Oc4ccc(C#C[Si](C)(C)C)cc4)C3)nc2)c2c(C#N)cnn2c1. The summed E-state index contributed by atoms with van der Waals surface area (Å²) in [5.74, 6) is 5.55. The molecule has 0 spiro atoms. The second-order valence-electron chi connectivity index (χ2n) is 12.1. The first-order chi connectivity index (χ1) is 19.5. The maximum Gasteiger partial charge on any atom is 0.138 e. The van der Waals surface area contributed by atoms with Crippen LogP contribution in [-0.2, 0) is 0 Å². The van der Waals surface area contributed by atoms with Gasteiger partial charge in [-0.05, 0) is 56.3 Å². The minimum atomic E-state index is -1.41. The fourth-order valence-corrected chi connectivity index (χ4v) is 5.09. The molecule has 1 N–H and O–H groups in total. The van der Waals surface area contributed by atoms with E-state index in [4.69, 9.17) is 14.5 Å². The summed E-state index contributed by atoms with van der Waals surface area (Å²) in [4.78, 5) is 6.98. The Kier molecular flexibility index (Phi) is 7.77. The molecule has 0 unspecified atom stereocenters. The molecule has 1 aromatic carbocycles. The summed E-state index contributed by atoms with van der Waals surface area (Å²) in [5.41, 5.74) is 6.21. The number of pyridine rings is 2. The molecule has 1 aliphatic heterocycles. The van der Waals surface area contributed by atoms with Gasteiger partial charge in [0.05, 0.1) is 35.6 Å². The molecule has 5 rings (SSSR count). The number of hydrogen-bond acceptors (Lipinski definition) is 7. The summed E-state index contributed by atoms with van der Waals surface area (Å²) in [6.45, 7) is 11.8. The van der Waals surface area contributed by atoms with E-state index in [1.54, 1.807) is 30.8 Å². The highest BCUT2D eigenvalue weighted by atomic mass is 28.3. The first-order valence-corrected chi connectivity index (χ1v) is 17.3. The van der Waals surface area contributed by atoms with E-state index < -0.39 is 13.7 Å². The highest BCUT2D eigenvalue weighted by Crippen LogP contribution is 2.32. The predicted octanol–water partition coefficient (Wildman–Crippen LogP) is 5.30. The van der Waals surface area contributed by atoms with Gasteiger partial charge in [-0.1, -0.05) is 25.6 Å². The van der Waals surface area contributed by atoms with Crippen molar-refractivity contribution in [3.63, 3.8) is 0 Å². The fourth-order valence-electron chi connectivity index (χ4n) is 4.57. The zero-order valence-corrected chi connectivity index (χ0v) is 25.2. The van der Waals surface area contributed by atoms with E-state index in [1.807, 2.05) is 48.7 Å². The van der Waals surface area contributed by atoms with Gasteiger partial charge in [-0.2, -0.15) is 10.4 Å². The number of rotatable bonds is 7. The van der Waals surface area contributed by atoms with Crippen molar-refractivity contribution < 1.29 is 14.6 Å². The summed E-state index contributed by atoms with van der Waals surface area (Å²) in [6, 6.07) is 16.1. The van der Waals surface area contributed by atoms with Gasteiger partial charge in [-0.3, -0.25) is 0 Å². The summed E-state index contributed by atoms with van der Waals surface area (Å²) >= 11 is 0. The van der Waals surface area contributed by atoms with Gasteiger partial charge in [-0.25, -0.2) is 9.50 Å². The van der Waals surface area contributed by atoms with Crippen molar-refractivity contribution in [2.45, 2.75) is 51.6 Å². The molecule has 0 aliphatic carbocycles. The Hall–Kier alpha value is -4.31. The molecule has 0 amide bonds. The Balaban J connectivity index is 1.29. The molecule has 3 aromatic heterocycles. The lowest BCUT2D eigenvalue weighted by molar-refractivity contribution is 0.0283. The van der Waals surface area contributed by atoms with Crippen molar-refractivity contribution in [3.8, 4) is 40.2 Å². The summed E-state index contributed by atoms with van der Waals surface area (Å²) in [5, 5.41) is 24.1. The van der Waals surface area contributed by atoms with Crippen LogP contribution >= 0.6 is 0 Å². The molecule has 4 aromatic rings. The van der Waals surface area contributed by atoms with Gasteiger partial charge in [0.2, 0.25) is 0 Å². The average molecular weight is 566 g/mol. The Bertz CT molecular complexity index is 1630. The van der Waals surface area contributed by atoms with Gasteiger partial charge < -0.3 is 19.5 Å². The lowest BCUT2D eigenvalue weighted by Crippen LogP contribution is -2.27. The molecular weight excluding hydrogens is 530 g/mol. The van der Waals surface area contributed by atoms with E-state index in [0.29, 0.717) is 16.8 Å². The Morgan fingerprint density at radius 2 is 1.88 bits per heavy atom. The molecule has 0 saturated carbocycles. The van der Waals surface area contributed by atoms with Crippen LogP contribution in [0.1, 0.15) is 31.4 Å². The molecule has 1 saturated heterocycles. The summed E-state index contributed by atoms with van der Waals surface area (Å²) in [7, 11) is -1.41. The molecule has 41 heavy (non-hydrogen) atoms. The summed E-state index contributed by atoms with van der Waals surface area (Å²) < 4.78 is 13.7. The normalized spacial score (nSPS) is 15.3. The van der Waals surface area contributed by atoms with E-state index in [2.05, 4.69) is 47.2 Å². The third-order valence-electron chi connectivity index (χ3n) is 6.57. The first kappa shape index (κ1) is 28.2. The minimum Gasteiger partial charge on any atom is -0.489 e. The van der Waals surface area contributed by atoms with Crippen LogP contribution in [0.2, 0.25) is 19.6 Å². The predicted molar refractivity (Wildman–Crippen MR) is 163 cm³/mol. The monoisotopic (exact) mass is 565 g/mol. The van der Waals surface area contributed by atoms with E-state index in [1.165, 1.54) is 0 Å². The van der Waals surface area contributed by atoms with Crippen molar-refractivity contribution in [1.29, 1.82) is 5.26 Å². The quantitative estimate of drug-likeness (QED) is 0.240. The van der Waals surface area contributed by atoms with Gasteiger partial charge in [0, 0.05) is 35.9 Å². The topological polar surface area (TPSA) is 95.9 Å². The number of nitriles is 1. The summed E-state index contributed by atoms with van der Waals surface area (Å²) in [6.07, 6.45) is 6.05. The highest BCUT2D eigenvalue weighted by molar-refractivity contribution is 6.83. The number of aromatic nitrogens is 3. The number of aliphatic hydroxyl groups is 1. The van der Waals surface area contributed by atoms with Crippen LogP contribution in [0.4, 0.5) is 5.82 Å². The largest absolute Gasteiger partial charge is 0.489 e. The standard InChI is InChI=1S/C32H35N5O3Si/c1-32(2,38)22-39-28-16-29(31-25(17-33)19-35-37(31)21-28)24-8-11-30(34-18-24)36-14-12-27(20-36)40-26-9-6-23(7-10-26)13-15-41(3,4)5/h6-11,16,18-19,21,27,38H,12,14,20,22H2,1-5H3/t27-/m1/s1. The molecule has 0 radical (unpaired) electrons. The van der Waals surface area contributed by atoms with E-state index >= 15 is 0 Å². The number of hydrogen-bond donors (Lipinski definition) is 1. The van der Waals surface area contributed by atoms with Crippen LogP contribution in [0.15, 0.2) is 61.1 Å². The Morgan fingerprint density at radius 3 is 2.54 bits per heavy atom. The number of benzene rings is 1. The van der Waals surface area contributed by atoms with E-state index in [0.717, 1.165) is 47.8 Å².